The van der Waals surface area contributed by atoms with Crippen LogP contribution in [0.4, 0.5) is 0 Å². The van der Waals surface area contributed by atoms with E-state index in [1.807, 2.05) is 0 Å². The van der Waals surface area contributed by atoms with E-state index in [-0.39, 0.29) is 6.16 Å². The molecule has 0 bridgehead atoms. The summed E-state index contributed by atoms with van der Waals surface area (Å²) in [6.07, 6.45) is 6.08. The third kappa shape index (κ3) is 9.64. The molecule has 0 rings (SSSR count). The van der Waals surface area contributed by atoms with Crippen LogP contribution in [0.15, 0.2) is 0 Å². The van der Waals surface area contributed by atoms with Crippen molar-refractivity contribution in [2.75, 3.05) is 12.8 Å². The summed E-state index contributed by atoms with van der Waals surface area (Å²) in [5, 5.41) is 18.1. The first-order valence-corrected chi connectivity index (χ1v) is 9.73. The number of aliphatic carboxylic acids is 2. The van der Waals surface area contributed by atoms with Gasteiger partial charge in [0.05, 0.1) is 0 Å². The molecule has 0 radical (unpaired) electrons. The van der Waals surface area contributed by atoms with Crippen LogP contribution >= 0.6 is 7.37 Å². The Kier molecular flexibility index (Phi) is 9.54. The first-order chi connectivity index (χ1) is 9.69. The fourth-order valence-corrected chi connectivity index (χ4v) is 3.76. The van der Waals surface area contributed by atoms with Crippen LogP contribution in [0.3, 0.4) is 0 Å². The number of hydrogen-bond donors (Lipinski definition) is 3. The van der Waals surface area contributed by atoms with Crippen molar-refractivity contribution >= 4 is 19.3 Å². The van der Waals surface area contributed by atoms with Gasteiger partial charge in [-0.1, -0.05) is 45.4 Å². The van der Waals surface area contributed by atoms with Crippen molar-refractivity contribution in [1.82, 2.24) is 0 Å². The van der Waals surface area contributed by atoms with Gasteiger partial charge in [-0.25, -0.2) is 0 Å². The number of carboxylic acids is 2. The Balaban J connectivity index is 4.56. The maximum atomic E-state index is 11.5. The average Bonchev–Trinajstić information content (AvgIpc) is 2.30. The van der Waals surface area contributed by atoms with Crippen LogP contribution in [0.25, 0.3) is 0 Å². The van der Waals surface area contributed by atoms with E-state index >= 15 is 0 Å². The molecule has 6 nitrogen and oxygen atoms in total. The van der Waals surface area contributed by atoms with Crippen LogP contribution in [0.2, 0.25) is 0 Å². The molecule has 0 aromatic rings. The minimum atomic E-state index is -3.45. The summed E-state index contributed by atoms with van der Waals surface area (Å²) >= 11 is 0. The lowest BCUT2D eigenvalue weighted by atomic mass is 9.89. The van der Waals surface area contributed by atoms with Gasteiger partial charge in [-0.15, -0.1) is 0 Å². The first-order valence-electron chi connectivity index (χ1n) is 7.44. The predicted octanol–water partition coefficient (Wildman–Crippen LogP) is 3.04. The zero-order valence-electron chi connectivity index (χ0n) is 12.8. The van der Waals surface area contributed by atoms with Crippen LogP contribution in [-0.2, 0) is 14.2 Å². The van der Waals surface area contributed by atoms with Crippen LogP contribution in [0, 0.1) is 11.8 Å². The summed E-state index contributed by atoms with van der Waals surface area (Å²) < 4.78 is 11.5. The molecule has 2 unspecified atom stereocenters. The summed E-state index contributed by atoms with van der Waals surface area (Å²) in [4.78, 5) is 31.6. The van der Waals surface area contributed by atoms with Crippen molar-refractivity contribution < 1.29 is 29.3 Å². The van der Waals surface area contributed by atoms with Gasteiger partial charge in [0.2, 0.25) is 0 Å². The lowest BCUT2D eigenvalue weighted by Crippen LogP contribution is -2.33. The van der Waals surface area contributed by atoms with Crippen molar-refractivity contribution in [3.8, 4) is 0 Å². The van der Waals surface area contributed by atoms with Gasteiger partial charge in [0, 0.05) is 12.8 Å². The summed E-state index contributed by atoms with van der Waals surface area (Å²) in [6, 6.07) is 0. The van der Waals surface area contributed by atoms with Gasteiger partial charge in [-0.05, 0) is 12.3 Å². The summed E-state index contributed by atoms with van der Waals surface area (Å²) in [5.41, 5.74) is 0. The Morgan fingerprint density at radius 1 is 1.00 bits per heavy atom. The highest BCUT2D eigenvalue weighted by Crippen LogP contribution is 2.41. The molecule has 3 N–H and O–H groups in total. The Morgan fingerprint density at radius 3 is 1.90 bits per heavy atom. The lowest BCUT2D eigenvalue weighted by molar-refractivity contribution is -0.157. The van der Waals surface area contributed by atoms with Crippen LogP contribution in [-0.4, -0.2) is 39.9 Å². The number of carboxylic acid groups (broad SMARTS) is 2. The van der Waals surface area contributed by atoms with E-state index in [0.717, 1.165) is 38.8 Å². The van der Waals surface area contributed by atoms with Gasteiger partial charge in [0.15, 0.2) is 13.3 Å². The summed E-state index contributed by atoms with van der Waals surface area (Å²) in [6.45, 7) is 3.25. The zero-order chi connectivity index (χ0) is 16.5. The molecule has 0 aliphatic rings. The van der Waals surface area contributed by atoms with E-state index in [4.69, 9.17) is 10.2 Å². The Hall–Kier alpha value is -0.870. The molecule has 0 aliphatic heterocycles. The maximum Gasteiger partial charge on any atom is 0.318 e. The second-order valence-electron chi connectivity index (χ2n) is 5.70. The van der Waals surface area contributed by atoms with Crippen molar-refractivity contribution in [3.63, 3.8) is 0 Å². The fraction of sp³-hybridized carbons (Fsp3) is 0.857. The largest absolute Gasteiger partial charge is 0.481 e. The summed E-state index contributed by atoms with van der Waals surface area (Å²) in [7, 11) is -3.45. The molecular weight excluding hydrogens is 295 g/mol. The van der Waals surface area contributed by atoms with Crippen LogP contribution in [0.5, 0.6) is 0 Å². The second kappa shape index (κ2) is 9.96. The van der Waals surface area contributed by atoms with Crippen molar-refractivity contribution in [2.45, 2.75) is 51.9 Å². The van der Waals surface area contributed by atoms with Crippen molar-refractivity contribution in [3.05, 3.63) is 0 Å². The number of rotatable bonds is 12. The monoisotopic (exact) mass is 322 g/mol. The second-order valence-corrected chi connectivity index (χ2v) is 8.17. The summed E-state index contributed by atoms with van der Waals surface area (Å²) in [5.74, 6) is -5.29. The lowest BCUT2D eigenvalue weighted by Gasteiger charge is -2.22. The Bertz CT molecular complexity index is 362. The van der Waals surface area contributed by atoms with E-state index < -0.39 is 31.1 Å². The number of carbonyl (C=O) groups is 2. The molecule has 0 fully saturated rings. The highest BCUT2D eigenvalue weighted by Gasteiger charge is 2.37. The normalized spacial score (nSPS) is 15.6. The van der Waals surface area contributed by atoms with E-state index in [1.165, 1.54) is 0 Å². The molecule has 0 spiro atoms. The van der Waals surface area contributed by atoms with Gasteiger partial charge in [0.1, 0.15) is 0 Å². The zero-order valence-corrected chi connectivity index (χ0v) is 13.7. The van der Waals surface area contributed by atoms with Gasteiger partial charge >= 0.3 is 11.9 Å². The SMILES string of the molecule is CCCCCCCCC(CP(C)(=O)O)C(C(=O)O)C(=O)O. The molecule has 0 saturated heterocycles. The average molecular weight is 322 g/mol. The smallest absolute Gasteiger partial charge is 0.318 e. The molecule has 0 heterocycles. The van der Waals surface area contributed by atoms with Crippen molar-refractivity contribution in [1.29, 1.82) is 0 Å². The van der Waals surface area contributed by atoms with Gasteiger partial charge in [-0.3, -0.25) is 14.2 Å². The van der Waals surface area contributed by atoms with Crippen molar-refractivity contribution in [2.24, 2.45) is 11.8 Å². The van der Waals surface area contributed by atoms with E-state index in [0.29, 0.717) is 12.8 Å². The topological polar surface area (TPSA) is 112 Å². The molecule has 124 valence electrons. The minimum absolute atomic E-state index is 0.259. The van der Waals surface area contributed by atoms with Gasteiger partial charge in [-0.2, -0.15) is 0 Å². The highest BCUT2D eigenvalue weighted by atomic mass is 31.2. The van der Waals surface area contributed by atoms with E-state index in [2.05, 4.69) is 6.92 Å². The first kappa shape index (κ1) is 20.1. The van der Waals surface area contributed by atoms with Crippen LogP contribution in [0.1, 0.15) is 51.9 Å². The van der Waals surface area contributed by atoms with Gasteiger partial charge < -0.3 is 15.1 Å². The van der Waals surface area contributed by atoms with Gasteiger partial charge in [0.25, 0.3) is 0 Å². The highest BCUT2D eigenvalue weighted by molar-refractivity contribution is 7.57. The maximum absolute atomic E-state index is 11.5. The standard InChI is InChI=1S/C14H27O6P/c1-3-4-5-6-7-8-9-11(10-21(2,19)20)12(13(15)16)14(17)18/h11-12H,3-10H2,1-2H3,(H,15,16)(H,17,18)(H,19,20). The van der Waals surface area contributed by atoms with E-state index in [1.54, 1.807) is 0 Å². The number of hydrogen-bond acceptors (Lipinski definition) is 3. The minimum Gasteiger partial charge on any atom is -0.481 e. The Labute approximate surface area is 126 Å². The molecule has 21 heavy (non-hydrogen) atoms. The predicted molar refractivity (Wildman–Crippen MR) is 80.9 cm³/mol. The third-order valence-corrected chi connectivity index (χ3v) is 4.65. The molecule has 0 saturated carbocycles. The van der Waals surface area contributed by atoms with Crippen LogP contribution < -0.4 is 0 Å². The number of unbranched alkanes of at least 4 members (excludes halogenated alkanes) is 5. The quantitative estimate of drug-likeness (QED) is 0.289. The third-order valence-electron chi connectivity index (χ3n) is 3.51. The molecular formula is C14H27O6P. The molecule has 7 heteroatoms. The molecule has 0 amide bonds. The molecule has 0 aromatic heterocycles. The molecule has 2 atom stereocenters. The fourth-order valence-electron chi connectivity index (χ4n) is 2.49. The molecule has 0 aliphatic carbocycles. The molecule has 0 aromatic carbocycles. The Morgan fingerprint density at radius 2 is 1.48 bits per heavy atom. The van der Waals surface area contributed by atoms with E-state index in [9.17, 15) is 19.0 Å².